The van der Waals surface area contributed by atoms with Gasteiger partial charge in [-0.2, -0.15) is 0 Å². The Morgan fingerprint density at radius 3 is 2.61 bits per heavy atom. The van der Waals surface area contributed by atoms with E-state index in [1.807, 2.05) is 48.5 Å². The van der Waals surface area contributed by atoms with Crippen LogP contribution in [-0.4, -0.2) is 22.3 Å². The van der Waals surface area contributed by atoms with Gasteiger partial charge < -0.3 is 20.1 Å². The van der Waals surface area contributed by atoms with E-state index in [4.69, 9.17) is 10.5 Å². The van der Waals surface area contributed by atoms with Gasteiger partial charge in [0, 0.05) is 5.39 Å². The van der Waals surface area contributed by atoms with Crippen molar-refractivity contribution >= 4 is 22.6 Å². The molecule has 2 amide bonds. The standard InChI is InChI=1S/C21H24N4O3/c1-2-3-6-13-28-16-11-9-15(10-12-16)14-25-18-8-5-4-7-17(18)19(20(25)26)23-24-21(22)27/h4-5,7-12,26H,2-3,6,13-14H2,1H3,(H2,22,27). The van der Waals surface area contributed by atoms with Crippen LogP contribution in [0.5, 0.6) is 11.6 Å². The van der Waals surface area contributed by atoms with Crippen LogP contribution < -0.4 is 10.5 Å². The molecule has 7 heteroatoms. The van der Waals surface area contributed by atoms with E-state index >= 15 is 0 Å². The third kappa shape index (κ3) is 4.49. The number of para-hydroxylation sites is 1. The van der Waals surface area contributed by atoms with Gasteiger partial charge in [0.25, 0.3) is 0 Å². The second-order valence-electron chi connectivity index (χ2n) is 6.51. The van der Waals surface area contributed by atoms with E-state index in [-0.39, 0.29) is 11.6 Å². The van der Waals surface area contributed by atoms with Crippen LogP contribution in [0.15, 0.2) is 58.8 Å². The first-order chi connectivity index (χ1) is 13.6. The average Bonchev–Trinajstić information content (AvgIpc) is 2.96. The summed E-state index contributed by atoms with van der Waals surface area (Å²) >= 11 is 0. The number of hydrogen-bond donors (Lipinski definition) is 2. The number of carbonyl (C=O) groups excluding carboxylic acids is 1. The van der Waals surface area contributed by atoms with Gasteiger partial charge in [-0.25, -0.2) is 4.79 Å². The van der Waals surface area contributed by atoms with E-state index in [9.17, 15) is 9.90 Å². The largest absolute Gasteiger partial charge is 0.494 e. The Hall–Kier alpha value is -3.35. The number of aromatic hydroxyl groups is 1. The van der Waals surface area contributed by atoms with Crippen LogP contribution in [0, 0.1) is 0 Å². The Morgan fingerprint density at radius 2 is 1.89 bits per heavy atom. The molecule has 2 aromatic carbocycles. The molecule has 3 N–H and O–H groups in total. The van der Waals surface area contributed by atoms with Gasteiger partial charge in [0.05, 0.1) is 18.7 Å². The molecule has 0 unspecified atom stereocenters. The fourth-order valence-electron chi connectivity index (χ4n) is 3.05. The topological polar surface area (TPSA) is 102 Å². The van der Waals surface area contributed by atoms with Crippen molar-refractivity contribution < 1.29 is 14.6 Å². The molecular weight excluding hydrogens is 356 g/mol. The monoisotopic (exact) mass is 380 g/mol. The van der Waals surface area contributed by atoms with Gasteiger partial charge in [-0.05, 0) is 30.2 Å². The van der Waals surface area contributed by atoms with Crippen LogP contribution in [0.2, 0.25) is 0 Å². The summed E-state index contributed by atoms with van der Waals surface area (Å²) in [6.45, 7) is 3.31. The van der Waals surface area contributed by atoms with E-state index in [0.717, 1.165) is 36.1 Å². The predicted octanol–water partition coefficient (Wildman–Crippen LogP) is 5.13. The van der Waals surface area contributed by atoms with Crippen molar-refractivity contribution in [1.82, 2.24) is 4.57 Å². The second kappa shape index (κ2) is 9.03. The molecular formula is C21H24N4O3. The van der Waals surface area contributed by atoms with Crippen LogP contribution in [0.1, 0.15) is 31.7 Å². The number of fused-ring (bicyclic) bond motifs is 1. The lowest BCUT2D eigenvalue weighted by atomic mass is 10.2. The Kier molecular flexibility index (Phi) is 6.26. The quantitative estimate of drug-likeness (QED) is 0.418. The van der Waals surface area contributed by atoms with E-state index in [1.165, 1.54) is 0 Å². The number of urea groups is 1. The molecule has 28 heavy (non-hydrogen) atoms. The van der Waals surface area contributed by atoms with E-state index < -0.39 is 6.03 Å². The maximum Gasteiger partial charge on any atom is 0.356 e. The number of carbonyl (C=O) groups is 1. The van der Waals surface area contributed by atoms with Crippen molar-refractivity contribution in [3.63, 3.8) is 0 Å². The fourth-order valence-corrected chi connectivity index (χ4v) is 3.05. The number of nitrogens with two attached hydrogens (primary N) is 1. The summed E-state index contributed by atoms with van der Waals surface area (Å²) in [6, 6.07) is 14.3. The number of nitrogens with zero attached hydrogens (tertiary/aromatic N) is 3. The van der Waals surface area contributed by atoms with Gasteiger partial charge in [-0.1, -0.05) is 55.2 Å². The van der Waals surface area contributed by atoms with Gasteiger partial charge in [-0.3, -0.25) is 0 Å². The molecule has 0 aliphatic heterocycles. The van der Waals surface area contributed by atoms with Crippen molar-refractivity contribution in [3.8, 4) is 11.6 Å². The zero-order chi connectivity index (χ0) is 19.9. The van der Waals surface area contributed by atoms with Crippen molar-refractivity contribution in [1.29, 1.82) is 0 Å². The SMILES string of the molecule is CCCCCOc1ccc(Cn2c(O)c(N=NC(N)=O)c3ccccc32)cc1. The molecule has 0 radical (unpaired) electrons. The number of hydrogen-bond acceptors (Lipinski definition) is 4. The fraction of sp³-hybridized carbons (Fsp3) is 0.286. The molecule has 0 fully saturated rings. The lowest BCUT2D eigenvalue weighted by molar-refractivity contribution is 0.255. The van der Waals surface area contributed by atoms with Gasteiger partial charge in [0.1, 0.15) is 5.75 Å². The number of benzene rings is 2. The van der Waals surface area contributed by atoms with Gasteiger partial charge in [0.15, 0.2) is 5.69 Å². The number of unbranched alkanes of at least 4 members (excludes halogenated alkanes) is 2. The van der Waals surface area contributed by atoms with Crippen LogP contribution >= 0.6 is 0 Å². The summed E-state index contributed by atoms with van der Waals surface area (Å²) in [6.07, 6.45) is 3.37. The molecule has 0 aliphatic carbocycles. The third-order valence-corrected chi connectivity index (χ3v) is 4.45. The van der Waals surface area contributed by atoms with Crippen molar-refractivity contribution in [2.75, 3.05) is 6.61 Å². The summed E-state index contributed by atoms with van der Waals surface area (Å²) in [5.41, 5.74) is 7.04. The minimum atomic E-state index is -0.911. The molecule has 0 aliphatic rings. The number of amides is 2. The number of ether oxygens (including phenoxy) is 1. The highest BCUT2D eigenvalue weighted by Crippen LogP contribution is 2.39. The maximum atomic E-state index is 10.9. The number of aromatic nitrogens is 1. The molecule has 7 nitrogen and oxygen atoms in total. The lowest BCUT2D eigenvalue weighted by Gasteiger charge is -2.09. The summed E-state index contributed by atoms with van der Waals surface area (Å²) in [5.74, 6) is 0.767. The summed E-state index contributed by atoms with van der Waals surface area (Å²) in [7, 11) is 0. The minimum Gasteiger partial charge on any atom is -0.494 e. The highest BCUT2D eigenvalue weighted by Gasteiger charge is 2.16. The molecule has 0 spiro atoms. The zero-order valence-electron chi connectivity index (χ0n) is 15.8. The maximum absolute atomic E-state index is 10.9. The number of rotatable bonds is 8. The van der Waals surface area contributed by atoms with Crippen LogP contribution in [0.4, 0.5) is 10.5 Å². The first-order valence-corrected chi connectivity index (χ1v) is 9.33. The highest BCUT2D eigenvalue weighted by atomic mass is 16.5. The summed E-state index contributed by atoms with van der Waals surface area (Å²) in [4.78, 5) is 10.9. The molecule has 3 aromatic rings. The smallest absolute Gasteiger partial charge is 0.356 e. The van der Waals surface area contributed by atoms with Crippen LogP contribution in [0.3, 0.4) is 0 Å². The third-order valence-electron chi connectivity index (χ3n) is 4.45. The molecule has 0 atom stereocenters. The highest BCUT2D eigenvalue weighted by molar-refractivity contribution is 5.95. The normalized spacial score (nSPS) is 11.3. The molecule has 146 valence electrons. The second-order valence-corrected chi connectivity index (χ2v) is 6.51. The van der Waals surface area contributed by atoms with Crippen molar-refractivity contribution in [2.24, 2.45) is 16.0 Å². The molecule has 1 heterocycles. The van der Waals surface area contributed by atoms with Crippen molar-refractivity contribution in [3.05, 3.63) is 54.1 Å². The van der Waals surface area contributed by atoms with Crippen molar-refractivity contribution in [2.45, 2.75) is 32.7 Å². The average molecular weight is 380 g/mol. The Balaban J connectivity index is 1.82. The first kappa shape index (κ1) is 19.4. The zero-order valence-corrected chi connectivity index (χ0v) is 15.8. The predicted molar refractivity (Wildman–Crippen MR) is 108 cm³/mol. The Morgan fingerprint density at radius 1 is 1.14 bits per heavy atom. The summed E-state index contributed by atoms with van der Waals surface area (Å²) in [5, 5.41) is 18.5. The lowest BCUT2D eigenvalue weighted by Crippen LogP contribution is -2.02. The van der Waals surface area contributed by atoms with Gasteiger partial charge >= 0.3 is 6.03 Å². The van der Waals surface area contributed by atoms with E-state index in [0.29, 0.717) is 18.5 Å². The molecule has 3 rings (SSSR count). The molecule has 0 bridgehead atoms. The van der Waals surface area contributed by atoms with Gasteiger partial charge in [-0.15, -0.1) is 5.11 Å². The van der Waals surface area contributed by atoms with E-state index in [1.54, 1.807) is 4.57 Å². The molecule has 0 saturated carbocycles. The molecule has 0 saturated heterocycles. The Labute approximate surface area is 163 Å². The van der Waals surface area contributed by atoms with Gasteiger partial charge in [0.2, 0.25) is 5.88 Å². The van der Waals surface area contributed by atoms with E-state index in [2.05, 4.69) is 17.2 Å². The number of azo groups is 1. The first-order valence-electron chi connectivity index (χ1n) is 9.33. The number of primary amides is 1. The summed E-state index contributed by atoms with van der Waals surface area (Å²) < 4.78 is 7.46. The van der Waals surface area contributed by atoms with Crippen LogP contribution in [-0.2, 0) is 6.54 Å². The minimum absolute atomic E-state index is 0.0638. The Bertz CT molecular complexity index is 977. The van der Waals surface area contributed by atoms with Crippen LogP contribution in [0.25, 0.3) is 10.9 Å². The molecule has 1 aromatic heterocycles.